The van der Waals surface area contributed by atoms with E-state index in [9.17, 15) is 9.59 Å². The van der Waals surface area contributed by atoms with E-state index >= 15 is 0 Å². The van der Waals surface area contributed by atoms with Crippen molar-refractivity contribution in [2.45, 2.75) is 6.92 Å². The summed E-state index contributed by atoms with van der Waals surface area (Å²) in [7, 11) is 0. The van der Waals surface area contributed by atoms with Crippen LogP contribution in [0.1, 0.15) is 6.92 Å². The fraction of sp³-hybridized carbons (Fsp3) is 0.667. The summed E-state index contributed by atoms with van der Waals surface area (Å²) in [5, 5.41) is 2.31. The van der Waals surface area contributed by atoms with E-state index in [0.717, 1.165) is 0 Å². The van der Waals surface area contributed by atoms with Gasteiger partial charge in [-0.1, -0.05) is 0 Å². The Hall–Kier alpha value is -0.810. The second-order valence-electron chi connectivity index (χ2n) is 1.89. The lowest BCUT2D eigenvalue weighted by Crippen LogP contribution is -2.35. The highest BCUT2D eigenvalue weighted by Crippen LogP contribution is 1.75. The molecule has 0 aliphatic rings. The third kappa shape index (κ3) is 5.94. The van der Waals surface area contributed by atoms with Gasteiger partial charge >= 0.3 is 5.97 Å². The van der Waals surface area contributed by atoms with Crippen molar-refractivity contribution in [1.82, 2.24) is 10.2 Å². The Bertz CT molecular complexity index is 145. The van der Waals surface area contributed by atoms with E-state index in [4.69, 9.17) is 11.8 Å². The zero-order valence-corrected chi connectivity index (χ0v) is 7.48. The lowest BCUT2D eigenvalue weighted by Gasteiger charge is -2.02. The lowest BCUT2D eigenvalue weighted by molar-refractivity contribution is -0.143. The summed E-state index contributed by atoms with van der Waals surface area (Å²) in [6.45, 7) is 1.86. The molecule has 0 unspecified atom stereocenters. The number of rotatable bonds is 5. The molecule has 0 heterocycles. The third-order valence-electron chi connectivity index (χ3n) is 0.963. The van der Waals surface area contributed by atoms with Gasteiger partial charge in [0.25, 0.3) is 0 Å². The van der Waals surface area contributed by atoms with Crippen LogP contribution in [0.4, 0.5) is 0 Å². The van der Waals surface area contributed by atoms with Crippen molar-refractivity contribution in [2.75, 3.05) is 19.7 Å². The van der Waals surface area contributed by atoms with Gasteiger partial charge < -0.3 is 10.1 Å². The average molecular weight is 195 g/mol. The maximum Gasteiger partial charge on any atom is 0.325 e. The Labute approximate surface area is 75.5 Å². The smallest absolute Gasteiger partial charge is 0.325 e. The molecule has 5 nitrogen and oxygen atoms in total. The molecule has 12 heavy (non-hydrogen) atoms. The molecule has 0 aromatic heterocycles. The van der Waals surface area contributed by atoms with Gasteiger partial charge in [-0.15, -0.1) is 0 Å². The van der Waals surface area contributed by atoms with Crippen LogP contribution in [-0.2, 0) is 14.3 Å². The molecule has 0 rings (SSSR count). The van der Waals surface area contributed by atoms with Crippen molar-refractivity contribution in [3.63, 3.8) is 0 Å². The van der Waals surface area contributed by atoms with Crippen LogP contribution in [0.15, 0.2) is 0 Å². The van der Waals surface area contributed by atoms with Crippen LogP contribution in [0.3, 0.4) is 0 Å². The highest BCUT2D eigenvalue weighted by molar-refractivity contribution is 6.14. The first kappa shape index (κ1) is 11.2. The van der Waals surface area contributed by atoms with Crippen LogP contribution in [0.5, 0.6) is 0 Å². The molecule has 0 bridgehead atoms. The molecule has 0 aromatic carbocycles. The SMILES string of the molecule is CCOC(=O)CNC(=O)CNCl. The molecule has 0 aromatic rings. The predicted octanol–water partition coefficient (Wildman–Crippen LogP) is -0.591. The van der Waals surface area contributed by atoms with Crippen LogP contribution < -0.4 is 10.2 Å². The molecular weight excluding hydrogens is 184 g/mol. The number of ether oxygens (including phenoxy) is 1. The van der Waals surface area contributed by atoms with E-state index in [1.807, 2.05) is 0 Å². The molecule has 0 aliphatic heterocycles. The van der Waals surface area contributed by atoms with E-state index in [0.29, 0.717) is 6.61 Å². The zero-order valence-electron chi connectivity index (χ0n) is 6.72. The predicted molar refractivity (Wildman–Crippen MR) is 43.5 cm³/mol. The van der Waals surface area contributed by atoms with E-state index in [-0.39, 0.29) is 19.0 Å². The summed E-state index contributed by atoms with van der Waals surface area (Å²) in [6.07, 6.45) is 0. The fourth-order valence-corrected chi connectivity index (χ4v) is 0.627. The number of hydrogen-bond donors (Lipinski definition) is 2. The molecule has 0 spiro atoms. The van der Waals surface area contributed by atoms with Crippen LogP contribution in [0.25, 0.3) is 0 Å². The summed E-state index contributed by atoms with van der Waals surface area (Å²) in [5.41, 5.74) is 0. The molecule has 0 aliphatic carbocycles. The largest absolute Gasteiger partial charge is 0.465 e. The number of esters is 1. The van der Waals surface area contributed by atoms with Crippen molar-refractivity contribution in [3.05, 3.63) is 0 Å². The molecular formula is C6H11ClN2O3. The molecule has 0 atom stereocenters. The van der Waals surface area contributed by atoms with Crippen LogP contribution in [-0.4, -0.2) is 31.6 Å². The van der Waals surface area contributed by atoms with E-state index in [1.54, 1.807) is 6.92 Å². The normalized spacial score (nSPS) is 9.17. The van der Waals surface area contributed by atoms with Gasteiger partial charge in [-0.25, -0.2) is 4.84 Å². The van der Waals surface area contributed by atoms with Gasteiger partial charge in [0, 0.05) is 0 Å². The number of nitrogens with one attached hydrogen (secondary N) is 2. The highest BCUT2D eigenvalue weighted by atomic mass is 35.5. The van der Waals surface area contributed by atoms with E-state index < -0.39 is 5.97 Å². The number of hydrogen-bond acceptors (Lipinski definition) is 4. The van der Waals surface area contributed by atoms with E-state index in [1.165, 1.54) is 0 Å². The van der Waals surface area contributed by atoms with Gasteiger partial charge in [-0.3, -0.25) is 9.59 Å². The maximum absolute atomic E-state index is 10.7. The van der Waals surface area contributed by atoms with Gasteiger partial charge in [0.05, 0.1) is 13.2 Å². The Balaban J connectivity index is 3.40. The Morgan fingerprint density at radius 3 is 2.58 bits per heavy atom. The number of carbonyl (C=O) groups is 2. The van der Waals surface area contributed by atoms with Crippen molar-refractivity contribution in [3.8, 4) is 0 Å². The second kappa shape index (κ2) is 6.87. The molecule has 0 saturated carbocycles. The molecule has 2 N–H and O–H groups in total. The van der Waals surface area contributed by atoms with Gasteiger partial charge in [-0.2, -0.15) is 0 Å². The topological polar surface area (TPSA) is 67.4 Å². The minimum atomic E-state index is -0.458. The summed E-state index contributed by atoms with van der Waals surface area (Å²) in [5.74, 6) is -0.807. The molecule has 70 valence electrons. The number of carbonyl (C=O) groups excluding carboxylic acids is 2. The van der Waals surface area contributed by atoms with Gasteiger partial charge in [0.1, 0.15) is 6.54 Å². The van der Waals surface area contributed by atoms with Gasteiger partial charge in [-0.05, 0) is 18.7 Å². The van der Waals surface area contributed by atoms with Gasteiger partial charge in [0.15, 0.2) is 0 Å². The first-order valence-electron chi connectivity index (χ1n) is 3.46. The van der Waals surface area contributed by atoms with Gasteiger partial charge in [0.2, 0.25) is 5.91 Å². The van der Waals surface area contributed by atoms with E-state index in [2.05, 4.69) is 14.9 Å². The highest BCUT2D eigenvalue weighted by Gasteiger charge is 2.03. The van der Waals surface area contributed by atoms with Crippen molar-refractivity contribution in [1.29, 1.82) is 0 Å². The Morgan fingerprint density at radius 1 is 1.42 bits per heavy atom. The summed E-state index contributed by atoms with van der Waals surface area (Å²) in [6, 6.07) is 0. The zero-order chi connectivity index (χ0) is 9.40. The van der Waals surface area contributed by atoms with Crippen molar-refractivity contribution in [2.24, 2.45) is 0 Å². The number of halogens is 1. The van der Waals surface area contributed by atoms with Crippen LogP contribution in [0.2, 0.25) is 0 Å². The summed E-state index contributed by atoms with van der Waals surface area (Å²) in [4.78, 5) is 23.5. The minimum Gasteiger partial charge on any atom is -0.465 e. The second-order valence-corrected chi connectivity index (χ2v) is 2.16. The van der Waals surface area contributed by atoms with Crippen LogP contribution >= 0.6 is 11.8 Å². The first-order chi connectivity index (χ1) is 5.70. The third-order valence-corrected chi connectivity index (χ3v) is 1.10. The maximum atomic E-state index is 10.7. The summed E-state index contributed by atoms with van der Waals surface area (Å²) >= 11 is 5.05. The molecule has 0 fully saturated rings. The van der Waals surface area contributed by atoms with Crippen molar-refractivity contribution < 1.29 is 14.3 Å². The lowest BCUT2D eigenvalue weighted by atomic mass is 10.5. The van der Waals surface area contributed by atoms with Crippen molar-refractivity contribution >= 4 is 23.7 Å². The fourth-order valence-electron chi connectivity index (χ4n) is 0.506. The molecule has 0 saturated heterocycles. The standard InChI is InChI=1S/C6H11ClN2O3/c1-2-12-6(11)4-8-5(10)3-9-7/h9H,2-4H2,1H3,(H,8,10). The minimum absolute atomic E-state index is 0.0268. The Kier molecular flexibility index (Phi) is 6.41. The monoisotopic (exact) mass is 194 g/mol. The Morgan fingerprint density at radius 2 is 2.08 bits per heavy atom. The first-order valence-corrected chi connectivity index (χ1v) is 3.84. The average Bonchev–Trinajstić information content (AvgIpc) is 2.02. The van der Waals surface area contributed by atoms with Crippen LogP contribution in [0, 0.1) is 0 Å². The number of amides is 1. The molecule has 6 heteroatoms. The molecule has 0 radical (unpaired) electrons. The quantitative estimate of drug-likeness (QED) is 0.454. The summed E-state index contributed by atoms with van der Waals surface area (Å²) < 4.78 is 4.56. The molecule has 1 amide bonds.